The topological polar surface area (TPSA) is 79.8 Å². The maximum absolute atomic E-state index is 11.8. The minimum absolute atomic E-state index is 0.415. The van der Waals surface area contributed by atoms with Crippen LogP contribution >= 0.6 is 0 Å². The minimum Gasteiger partial charge on any atom is -0.495 e. The van der Waals surface area contributed by atoms with E-state index >= 15 is 0 Å². The summed E-state index contributed by atoms with van der Waals surface area (Å²) in [5.41, 5.74) is 4.54. The second-order valence-corrected chi connectivity index (χ2v) is 4.76. The van der Waals surface area contributed by atoms with E-state index in [-0.39, 0.29) is 0 Å². The summed E-state index contributed by atoms with van der Waals surface area (Å²) >= 11 is 0. The molecular weight excluding hydrogens is 294 g/mol. The molecule has 0 atom stereocenters. The lowest BCUT2D eigenvalue weighted by molar-refractivity contribution is -0.136. The third kappa shape index (κ3) is 4.67. The predicted molar refractivity (Wildman–Crippen MR) is 88.5 cm³/mol. The quantitative estimate of drug-likeness (QED) is 0.515. The second kappa shape index (κ2) is 7.74. The molecule has 0 bridgehead atoms. The SMILES string of the molecule is COc1ccccc1NC(=O)C(=O)N/N=C\c1ccc(C)cc1. The van der Waals surface area contributed by atoms with Crippen molar-refractivity contribution in [1.82, 2.24) is 5.43 Å². The second-order valence-electron chi connectivity index (χ2n) is 4.76. The van der Waals surface area contributed by atoms with Crippen LogP contribution in [0, 0.1) is 6.92 Å². The Morgan fingerprint density at radius 2 is 1.74 bits per heavy atom. The van der Waals surface area contributed by atoms with Crippen LogP contribution in [0.2, 0.25) is 0 Å². The number of nitrogens with one attached hydrogen (secondary N) is 2. The third-order valence-electron chi connectivity index (χ3n) is 3.02. The summed E-state index contributed by atoms with van der Waals surface area (Å²) in [5.74, 6) is -1.22. The Morgan fingerprint density at radius 3 is 2.43 bits per heavy atom. The van der Waals surface area contributed by atoms with Gasteiger partial charge in [-0.25, -0.2) is 5.43 Å². The molecule has 0 aromatic heterocycles. The zero-order chi connectivity index (χ0) is 16.7. The molecule has 0 fully saturated rings. The lowest BCUT2D eigenvalue weighted by atomic mass is 10.2. The summed E-state index contributed by atoms with van der Waals surface area (Å²) in [7, 11) is 1.48. The number of benzene rings is 2. The first-order valence-electron chi connectivity index (χ1n) is 6.94. The van der Waals surface area contributed by atoms with Crippen molar-refractivity contribution in [3.63, 3.8) is 0 Å². The largest absolute Gasteiger partial charge is 0.495 e. The number of rotatable bonds is 4. The van der Waals surface area contributed by atoms with Gasteiger partial charge in [0, 0.05) is 0 Å². The Kier molecular flexibility index (Phi) is 5.46. The number of hydrogen-bond donors (Lipinski definition) is 2. The highest BCUT2D eigenvalue weighted by Crippen LogP contribution is 2.22. The fourth-order valence-electron chi connectivity index (χ4n) is 1.80. The van der Waals surface area contributed by atoms with Gasteiger partial charge in [-0.1, -0.05) is 42.0 Å². The Morgan fingerprint density at radius 1 is 1.04 bits per heavy atom. The van der Waals surface area contributed by atoms with Crippen molar-refractivity contribution in [3.05, 3.63) is 59.7 Å². The number of nitrogens with zero attached hydrogens (tertiary/aromatic N) is 1. The number of carbonyl (C=O) groups excluding carboxylic acids is 2. The van der Waals surface area contributed by atoms with E-state index in [1.165, 1.54) is 13.3 Å². The summed E-state index contributed by atoms with van der Waals surface area (Å²) in [6.45, 7) is 1.98. The van der Waals surface area contributed by atoms with E-state index in [9.17, 15) is 9.59 Å². The molecule has 0 saturated carbocycles. The molecule has 0 saturated heterocycles. The van der Waals surface area contributed by atoms with E-state index < -0.39 is 11.8 Å². The van der Waals surface area contributed by atoms with Crippen LogP contribution in [0.3, 0.4) is 0 Å². The number of carbonyl (C=O) groups is 2. The van der Waals surface area contributed by atoms with E-state index in [1.54, 1.807) is 24.3 Å². The molecule has 0 aliphatic rings. The Balaban J connectivity index is 1.92. The number of hydrazone groups is 1. The van der Waals surface area contributed by atoms with Gasteiger partial charge in [-0.3, -0.25) is 9.59 Å². The van der Waals surface area contributed by atoms with Crippen LogP contribution in [0.4, 0.5) is 5.69 Å². The van der Waals surface area contributed by atoms with E-state index in [0.29, 0.717) is 11.4 Å². The molecule has 6 nitrogen and oxygen atoms in total. The van der Waals surface area contributed by atoms with E-state index in [0.717, 1.165) is 11.1 Å². The maximum Gasteiger partial charge on any atom is 0.329 e. The fourth-order valence-corrected chi connectivity index (χ4v) is 1.80. The van der Waals surface area contributed by atoms with Crippen LogP contribution in [0.5, 0.6) is 5.75 Å². The van der Waals surface area contributed by atoms with Gasteiger partial charge in [0.05, 0.1) is 19.0 Å². The van der Waals surface area contributed by atoms with Crippen molar-refractivity contribution >= 4 is 23.7 Å². The number of anilines is 1. The molecule has 0 heterocycles. The van der Waals surface area contributed by atoms with Gasteiger partial charge < -0.3 is 10.1 Å². The molecule has 0 radical (unpaired) electrons. The average Bonchev–Trinajstić information content (AvgIpc) is 2.57. The Labute approximate surface area is 134 Å². The molecule has 2 rings (SSSR count). The fraction of sp³-hybridized carbons (Fsp3) is 0.118. The van der Waals surface area contributed by atoms with Gasteiger partial charge in [-0.05, 0) is 24.6 Å². The predicted octanol–water partition coefficient (Wildman–Crippen LogP) is 2.09. The first-order valence-corrected chi connectivity index (χ1v) is 6.94. The van der Waals surface area contributed by atoms with E-state index in [2.05, 4.69) is 15.8 Å². The first-order chi connectivity index (χ1) is 11.1. The first kappa shape index (κ1) is 16.2. The number of methoxy groups -OCH3 is 1. The van der Waals surface area contributed by atoms with Crippen molar-refractivity contribution in [2.75, 3.05) is 12.4 Å². The van der Waals surface area contributed by atoms with Crippen molar-refractivity contribution in [1.29, 1.82) is 0 Å². The molecule has 0 spiro atoms. The van der Waals surface area contributed by atoms with Crippen molar-refractivity contribution in [2.45, 2.75) is 6.92 Å². The Hall–Kier alpha value is -3.15. The van der Waals surface area contributed by atoms with Crippen LogP contribution in [-0.4, -0.2) is 25.1 Å². The van der Waals surface area contributed by atoms with Crippen molar-refractivity contribution < 1.29 is 14.3 Å². The van der Waals surface area contributed by atoms with Gasteiger partial charge in [-0.15, -0.1) is 0 Å². The lowest BCUT2D eigenvalue weighted by Gasteiger charge is -2.08. The smallest absolute Gasteiger partial charge is 0.329 e. The lowest BCUT2D eigenvalue weighted by Crippen LogP contribution is -2.32. The molecule has 2 amide bonds. The molecule has 0 aliphatic heterocycles. The van der Waals surface area contributed by atoms with Gasteiger partial charge in [0.1, 0.15) is 5.75 Å². The summed E-state index contributed by atoms with van der Waals surface area (Å²) in [5, 5.41) is 6.23. The summed E-state index contributed by atoms with van der Waals surface area (Å²) in [4.78, 5) is 23.5. The highest BCUT2D eigenvalue weighted by Gasteiger charge is 2.14. The molecule has 0 unspecified atom stereocenters. The number of amides is 2. The summed E-state index contributed by atoms with van der Waals surface area (Å²) in [6, 6.07) is 14.4. The van der Waals surface area contributed by atoms with Crippen LogP contribution in [0.15, 0.2) is 53.6 Å². The monoisotopic (exact) mass is 311 g/mol. The standard InChI is InChI=1S/C17H17N3O3/c1-12-7-9-13(10-8-12)11-18-20-17(22)16(21)19-14-5-3-4-6-15(14)23-2/h3-11H,1-2H3,(H,19,21)(H,20,22)/b18-11-. The van der Waals surface area contributed by atoms with E-state index in [1.807, 2.05) is 31.2 Å². The van der Waals surface area contributed by atoms with Crippen LogP contribution in [-0.2, 0) is 9.59 Å². The van der Waals surface area contributed by atoms with Crippen LogP contribution < -0.4 is 15.5 Å². The normalized spacial score (nSPS) is 10.3. The molecule has 23 heavy (non-hydrogen) atoms. The number of hydrogen-bond acceptors (Lipinski definition) is 4. The van der Waals surface area contributed by atoms with Crippen LogP contribution in [0.1, 0.15) is 11.1 Å². The summed E-state index contributed by atoms with van der Waals surface area (Å²) in [6.07, 6.45) is 1.47. The molecule has 2 aromatic carbocycles. The third-order valence-corrected chi connectivity index (χ3v) is 3.02. The van der Waals surface area contributed by atoms with Crippen molar-refractivity contribution in [2.24, 2.45) is 5.10 Å². The van der Waals surface area contributed by atoms with Gasteiger partial charge >= 0.3 is 11.8 Å². The number of aryl methyl sites for hydroxylation is 1. The van der Waals surface area contributed by atoms with E-state index in [4.69, 9.17) is 4.74 Å². The maximum atomic E-state index is 11.8. The van der Waals surface area contributed by atoms with Gasteiger partial charge in [0.25, 0.3) is 0 Å². The molecule has 0 aliphatic carbocycles. The molecule has 118 valence electrons. The average molecular weight is 311 g/mol. The number of para-hydroxylation sites is 2. The highest BCUT2D eigenvalue weighted by atomic mass is 16.5. The Bertz CT molecular complexity index is 724. The zero-order valence-corrected chi connectivity index (χ0v) is 12.9. The van der Waals surface area contributed by atoms with Gasteiger partial charge in [-0.2, -0.15) is 5.10 Å². The van der Waals surface area contributed by atoms with Gasteiger partial charge in [0.15, 0.2) is 0 Å². The molecular formula is C17H17N3O3. The van der Waals surface area contributed by atoms with Crippen molar-refractivity contribution in [3.8, 4) is 5.75 Å². The summed E-state index contributed by atoms with van der Waals surface area (Å²) < 4.78 is 5.10. The minimum atomic E-state index is -0.862. The molecule has 6 heteroatoms. The van der Waals surface area contributed by atoms with Crippen LogP contribution in [0.25, 0.3) is 0 Å². The number of ether oxygens (including phenoxy) is 1. The zero-order valence-electron chi connectivity index (χ0n) is 12.9. The molecule has 2 aromatic rings. The van der Waals surface area contributed by atoms with Gasteiger partial charge in [0.2, 0.25) is 0 Å². The molecule has 2 N–H and O–H groups in total. The highest BCUT2D eigenvalue weighted by molar-refractivity contribution is 6.39.